The number of nitrogens with zero attached hydrogens (tertiary/aromatic N) is 2. The summed E-state index contributed by atoms with van der Waals surface area (Å²) in [4.78, 5) is 2.11. The van der Waals surface area contributed by atoms with Crippen molar-refractivity contribution in [2.75, 3.05) is 7.05 Å². The lowest BCUT2D eigenvalue weighted by Gasteiger charge is -2.33. The van der Waals surface area contributed by atoms with Crippen molar-refractivity contribution in [3.8, 4) is 6.07 Å². The minimum Gasteiger partial charge on any atom is -0.295 e. The lowest BCUT2D eigenvalue weighted by atomic mass is 9.85. The third-order valence-electron chi connectivity index (χ3n) is 4.14. The average molecular weight is 281 g/mol. The Hall–Kier alpha value is -1.11. The fourth-order valence-electron chi connectivity index (χ4n) is 3.03. The molecule has 0 aliphatic carbocycles. The Labute approximate surface area is 118 Å². The van der Waals surface area contributed by atoms with Crippen molar-refractivity contribution in [1.29, 1.82) is 5.26 Å². The number of hydrogen-bond donors (Lipinski definition) is 0. The molecule has 1 aliphatic heterocycles. The van der Waals surface area contributed by atoms with Crippen LogP contribution in [0.15, 0.2) is 18.2 Å². The molecule has 0 radical (unpaired) electrons. The SMILES string of the molecule is CN1C(c2cc(Cl)ccc2F)CCC1C(C)(C)C#N. The van der Waals surface area contributed by atoms with Gasteiger partial charge in [-0.1, -0.05) is 11.6 Å². The first kappa shape index (κ1) is 14.3. The number of likely N-dealkylation sites (tertiary alicyclic amines) is 1. The molecule has 1 saturated heterocycles. The lowest BCUT2D eigenvalue weighted by molar-refractivity contribution is 0.161. The van der Waals surface area contributed by atoms with E-state index in [9.17, 15) is 9.65 Å². The van der Waals surface area contributed by atoms with Crippen molar-refractivity contribution in [3.63, 3.8) is 0 Å². The third kappa shape index (κ3) is 2.61. The molecule has 2 unspecified atom stereocenters. The molecule has 1 heterocycles. The van der Waals surface area contributed by atoms with Crippen LogP contribution in [-0.2, 0) is 0 Å². The van der Waals surface area contributed by atoms with Crippen molar-refractivity contribution in [1.82, 2.24) is 4.90 Å². The smallest absolute Gasteiger partial charge is 0.128 e. The van der Waals surface area contributed by atoms with Crippen LogP contribution in [0.3, 0.4) is 0 Å². The Bertz CT molecular complexity index is 521. The van der Waals surface area contributed by atoms with Crippen molar-refractivity contribution < 1.29 is 4.39 Å². The molecule has 0 spiro atoms. The Kier molecular flexibility index (Phi) is 3.85. The van der Waals surface area contributed by atoms with E-state index >= 15 is 0 Å². The monoisotopic (exact) mass is 280 g/mol. The lowest BCUT2D eigenvalue weighted by Crippen LogP contribution is -2.38. The van der Waals surface area contributed by atoms with Crippen LogP contribution in [0, 0.1) is 22.6 Å². The van der Waals surface area contributed by atoms with Crippen LogP contribution in [0.5, 0.6) is 0 Å². The molecule has 19 heavy (non-hydrogen) atoms. The third-order valence-corrected chi connectivity index (χ3v) is 4.37. The van der Waals surface area contributed by atoms with E-state index in [1.165, 1.54) is 6.07 Å². The van der Waals surface area contributed by atoms with Crippen LogP contribution >= 0.6 is 11.6 Å². The summed E-state index contributed by atoms with van der Waals surface area (Å²) in [7, 11) is 1.96. The van der Waals surface area contributed by atoms with Gasteiger partial charge in [0.1, 0.15) is 5.82 Å². The molecule has 102 valence electrons. The highest BCUT2D eigenvalue weighted by Crippen LogP contribution is 2.42. The van der Waals surface area contributed by atoms with Crippen molar-refractivity contribution in [2.24, 2.45) is 5.41 Å². The quantitative estimate of drug-likeness (QED) is 0.813. The van der Waals surface area contributed by atoms with Crippen molar-refractivity contribution in [2.45, 2.75) is 38.8 Å². The van der Waals surface area contributed by atoms with E-state index in [0.29, 0.717) is 10.6 Å². The van der Waals surface area contributed by atoms with E-state index in [0.717, 1.165) is 12.8 Å². The van der Waals surface area contributed by atoms with Gasteiger partial charge in [0.2, 0.25) is 0 Å². The number of hydrogen-bond acceptors (Lipinski definition) is 2. The zero-order valence-electron chi connectivity index (χ0n) is 11.5. The van der Waals surface area contributed by atoms with Gasteiger partial charge in [-0.15, -0.1) is 0 Å². The van der Waals surface area contributed by atoms with Crippen molar-refractivity contribution in [3.05, 3.63) is 34.6 Å². The van der Waals surface area contributed by atoms with Crippen molar-refractivity contribution >= 4 is 11.6 Å². The molecule has 0 bridgehead atoms. The predicted octanol–water partition coefficient (Wildman–Crippen LogP) is 4.16. The highest BCUT2D eigenvalue weighted by Gasteiger charge is 2.41. The summed E-state index contributed by atoms with van der Waals surface area (Å²) in [5.41, 5.74) is 0.199. The normalized spacial score (nSPS) is 24.4. The molecule has 1 aromatic carbocycles. The van der Waals surface area contributed by atoms with Crippen LogP contribution in [0.1, 0.15) is 38.3 Å². The molecule has 1 fully saturated rings. The van der Waals surface area contributed by atoms with Crippen LogP contribution in [0.25, 0.3) is 0 Å². The highest BCUT2D eigenvalue weighted by atomic mass is 35.5. The molecule has 2 atom stereocenters. The van der Waals surface area contributed by atoms with Gasteiger partial charge in [-0.25, -0.2) is 4.39 Å². The van der Waals surface area contributed by atoms with E-state index < -0.39 is 5.41 Å². The molecule has 2 nitrogen and oxygen atoms in total. The zero-order chi connectivity index (χ0) is 14.2. The molecule has 0 amide bonds. The van der Waals surface area contributed by atoms with Gasteiger partial charge in [-0.3, -0.25) is 4.90 Å². The first-order valence-corrected chi connectivity index (χ1v) is 6.83. The maximum absolute atomic E-state index is 14.0. The topological polar surface area (TPSA) is 27.0 Å². The Morgan fingerprint density at radius 1 is 1.42 bits per heavy atom. The summed E-state index contributed by atoms with van der Waals surface area (Å²) in [6, 6.07) is 7.15. The van der Waals surface area contributed by atoms with E-state index in [4.69, 9.17) is 11.6 Å². The second-order valence-corrected chi connectivity index (χ2v) is 6.21. The Morgan fingerprint density at radius 3 is 2.74 bits per heavy atom. The molecule has 2 rings (SSSR count). The average Bonchev–Trinajstić information content (AvgIpc) is 2.75. The van der Waals surface area contributed by atoms with Crippen LogP contribution in [-0.4, -0.2) is 18.0 Å². The maximum Gasteiger partial charge on any atom is 0.128 e. The fraction of sp³-hybridized carbons (Fsp3) is 0.533. The second kappa shape index (κ2) is 5.11. The highest BCUT2D eigenvalue weighted by molar-refractivity contribution is 6.30. The van der Waals surface area contributed by atoms with Gasteiger partial charge in [0.25, 0.3) is 0 Å². The standard InChI is InChI=1S/C15H18ClFN2/c1-15(2,9-18)14-7-6-13(19(14)3)11-8-10(16)4-5-12(11)17/h4-5,8,13-14H,6-7H2,1-3H3. The number of nitriles is 1. The Morgan fingerprint density at radius 2 is 2.11 bits per heavy atom. The van der Waals surface area contributed by atoms with E-state index in [-0.39, 0.29) is 17.9 Å². The molecule has 1 aromatic rings. The van der Waals surface area contributed by atoms with Crippen LogP contribution < -0.4 is 0 Å². The fourth-order valence-corrected chi connectivity index (χ4v) is 3.21. The van der Waals surface area contributed by atoms with E-state index in [1.807, 2.05) is 20.9 Å². The minimum atomic E-state index is -0.432. The first-order valence-electron chi connectivity index (χ1n) is 6.45. The van der Waals surface area contributed by atoms with Gasteiger partial charge in [0, 0.05) is 22.7 Å². The van der Waals surface area contributed by atoms with E-state index in [1.54, 1.807) is 12.1 Å². The summed E-state index contributed by atoms with van der Waals surface area (Å²) < 4.78 is 14.0. The van der Waals surface area contributed by atoms with Gasteiger partial charge >= 0.3 is 0 Å². The summed E-state index contributed by atoms with van der Waals surface area (Å²) in [6.45, 7) is 3.87. The molecule has 0 aromatic heterocycles. The Balaban J connectivity index is 2.30. The zero-order valence-corrected chi connectivity index (χ0v) is 12.2. The predicted molar refractivity (Wildman–Crippen MR) is 74.3 cm³/mol. The molecular formula is C15H18ClFN2. The molecule has 0 saturated carbocycles. The number of rotatable bonds is 2. The summed E-state index contributed by atoms with van der Waals surface area (Å²) in [5, 5.41) is 9.80. The number of benzene rings is 1. The maximum atomic E-state index is 14.0. The molecular weight excluding hydrogens is 263 g/mol. The van der Waals surface area contributed by atoms with Gasteiger partial charge in [0.05, 0.1) is 11.5 Å². The van der Waals surface area contributed by atoms with Gasteiger partial charge in [0.15, 0.2) is 0 Å². The van der Waals surface area contributed by atoms with Crippen LogP contribution in [0.2, 0.25) is 5.02 Å². The van der Waals surface area contributed by atoms with Gasteiger partial charge < -0.3 is 0 Å². The second-order valence-electron chi connectivity index (χ2n) is 5.77. The van der Waals surface area contributed by atoms with Crippen LogP contribution in [0.4, 0.5) is 4.39 Å². The number of halogens is 2. The first-order chi connectivity index (χ1) is 8.86. The van der Waals surface area contributed by atoms with Gasteiger partial charge in [-0.05, 0) is 51.9 Å². The molecule has 1 aliphatic rings. The summed E-state index contributed by atoms with van der Waals surface area (Å²) in [6.07, 6.45) is 1.75. The summed E-state index contributed by atoms with van der Waals surface area (Å²) >= 11 is 5.96. The summed E-state index contributed by atoms with van der Waals surface area (Å²) in [5.74, 6) is -0.225. The molecule has 4 heteroatoms. The largest absolute Gasteiger partial charge is 0.295 e. The van der Waals surface area contributed by atoms with Gasteiger partial charge in [-0.2, -0.15) is 5.26 Å². The molecule has 0 N–H and O–H groups in total. The van der Waals surface area contributed by atoms with E-state index in [2.05, 4.69) is 11.0 Å². The minimum absolute atomic E-state index is 0.00340.